The molecule has 1 aliphatic carbocycles. The van der Waals surface area contributed by atoms with Crippen molar-refractivity contribution >= 4 is 5.69 Å². The Morgan fingerprint density at radius 3 is 2.80 bits per heavy atom. The van der Waals surface area contributed by atoms with Gasteiger partial charge in [0.1, 0.15) is 5.54 Å². The molecule has 0 aromatic heterocycles. The maximum atomic E-state index is 9.69. The quantitative estimate of drug-likeness (QED) is 0.913. The smallest absolute Gasteiger partial charge is 0.126 e. The van der Waals surface area contributed by atoms with E-state index in [1.165, 1.54) is 24.1 Å². The number of hydrogen-bond donors (Lipinski definition) is 1. The Labute approximate surface area is 121 Å². The summed E-state index contributed by atoms with van der Waals surface area (Å²) in [6, 6.07) is 11.2. The molecule has 2 unspecified atom stereocenters. The monoisotopic (exact) mass is 269 g/mol. The molecule has 1 fully saturated rings. The lowest BCUT2D eigenvalue weighted by molar-refractivity contribution is 0.378. The lowest BCUT2D eigenvalue weighted by Crippen LogP contribution is -2.54. The van der Waals surface area contributed by atoms with Crippen molar-refractivity contribution in [3.8, 4) is 6.07 Å². The standard InChI is InChI=1S/C17H23N3/c1-13-9-14-5-3-4-6-16(14)20(10-13)12-17(11-18,19-2)15-7-8-15/h3-6,13,15,19H,7-10,12H2,1-2H3. The summed E-state index contributed by atoms with van der Waals surface area (Å²) in [5.74, 6) is 1.17. The summed E-state index contributed by atoms with van der Waals surface area (Å²) in [7, 11) is 1.93. The molecule has 3 heteroatoms. The van der Waals surface area contributed by atoms with Gasteiger partial charge in [0.2, 0.25) is 0 Å². The van der Waals surface area contributed by atoms with Gasteiger partial charge in [-0.3, -0.25) is 0 Å². The summed E-state index contributed by atoms with van der Waals surface area (Å²) >= 11 is 0. The topological polar surface area (TPSA) is 39.1 Å². The maximum Gasteiger partial charge on any atom is 0.126 e. The molecule has 0 bridgehead atoms. The normalized spacial score (nSPS) is 24.6. The highest BCUT2D eigenvalue weighted by atomic mass is 15.2. The number of anilines is 1. The van der Waals surface area contributed by atoms with Gasteiger partial charge in [0.05, 0.1) is 6.07 Å². The molecular formula is C17H23N3. The fraction of sp³-hybridized carbons (Fsp3) is 0.588. The van der Waals surface area contributed by atoms with Crippen molar-refractivity contribution < 1.29 is 0 Å². The van der Waals surface area contributed by atoms with E-state index in [9.17, 15) is 5.26 Å². The Balaban J connectivity index is 1.89. The van der Waals surface area contributed by atoms with Gasteiger partial charge in [0.25, 0.3) is 0 Å². The highest BCUT2D eigenvalue weighted by molar-refractivity contribution is 5.56. The number of rotatable bonds is 4. The third kappa shape index (κ3) is 2.29. The molecule has 106 valence electrons. The van der Waals surface area contributed by atoms with Gasteiger partial charge in [-0.2, -0.15) is 5.26 Å². The molecule has 1 aromatic carbocycles. The van der Waals surface area contributed by atoms with Gasteiger partial charge >= 0.3 is 0 Å². The van der Waals surface area contributed by atoms with E-state index in [4.69, 9.17) is 0 Å². The molecule has 1 saturated carbocycles. The van der Waals surface area contributed by atoms with Crippen LogP contribution in [0, 0.1) is 23.2 Å². The summed E-state index contributed by atoms with van der Waals surface area (Å²) < 4.78 is 0. The van der Waals surface area contributed by atoms with Crippen LogP contribution in [0.5, 0.6) is 0 Å². The average Bonchev–Trinajstić information content (AvgIpc) is 3.29. The first-order chi connectivity index (χ1) is 9.68. The molecule has 1 N–H and O–H groups in total. The van der Waals surface area contributed by atoms with E-state index in [0.29, 0.717) is 11.8 Å². The second kappa shape index (κ2) is 5.10. The number of benzene rings is 1. The molecule has 1 heterocycles. The summed E-state index contributed by atoms with van der Waals surface area (Å²) in [5, 5.41) is 13.0. The first kappa shape index (κ1) is 13.5. The minimum absolute atomic E-state index is 0.385. The van der Waals surface area contributed by atoms with E-state index in [2.05, 4.69) is 47.5 Å². The SMILES string of the molecule is CNC(C#N)(CN1CC(C)Cc2ccccc21)C1CC1. The Morgan fingerprint density at radius 1 is 1.40 bits per heavy atom. The van der Waals surface area contributed by atoms with E-state index in [1.54, 1.807) is 0 Å². The van der Waals surface area contributed by atoms with Crippen LogP contribution in [0.3, 0.4) is 0 Å². The highest BCUT2D eigenvalue weighted by Crippen LogP contribution is 2.41. The molecular weight excluding hydrogens is 246 g/mol. The van der Waals surface area contributed by atoms with E-state index < -0.39 is 0 Å². The molecule has 2 aliphatic rings. The Morgan fingerprint density at radius 2 is 2.15 bits per heavy atom. The van der Waals surface area contributed by atoms with Gasteiger partial charge in [-0.15, -0.1) is 0 Å². The van der Waals surface area contributed by atoms with E-state index in [-0.39, 0.29) is 5.54 Å². The lowest BCUT2D eigenvalue weighted by atomic mass is 9.89. The van der Waals surface area contributed by atoms with E-state index >= 15 is 0 Å². The van der Waals surface area contributed by atoms with Crippen LogP contribution in [0.2, 0.25) is 0 Å². The number of hydrogen-bond acceptors (Lipinski definition) is 3. The number of nitrogens with one attached hydrogen (secondary N) is 1. The van der Waals surface area contributed by atoms with Crippen LogP contribution in [0.25, 0.3) is 0 Å². The van der Waals surface area contributed by atoms with Crippen molar-refractivity contribution in [2.24, 2.45) is 11.8 Å². The van der Waals surface area contributed by atoms with Crippen molar-refractivity contribution in [3.63, 3.8) is 0 Å². The first-order valence-electron chi connectivity index (χ1n) is 7.61. The van der Waals surface area contributed by atoms with Crippen molar-refractivity contribution in [2.45, 2.75) is 31.7 Å². The van der Waals surface area contributed by atoms with Crippen molar-refractivity contribution in [3.05, 3.63) is 29.8 Å². The minimum atomic E-state index is -0.385. The second-order valence-electron chi connectivity index (χ2n) is 6.43. The summed E-state index contributed by atoms with van der Waals surface area (Å²) in [4.78, 5) is 2.42. The van der Waals surface area contributed by atoms with Gasteiger partial charge in [0, 0.05) is 18.8 Å². The molecule has 3 rings (SSSR count). The molecule has 2 atom stereocenters. The zero-order valence-electron chi connectivity index (χ0n) is 12.4. The van der Waals surface area contributed by atoms with Crippen molar-refractivity contribution in [1.29, 1.82) is 5.26 Å². The highest BCUT2D eigenvalue weighted by Gasteiger charge is 2.46. The molecule has 0 saturated heterocycles. The second-order valence-corrected chi connectivity index (χ2v) is 6.43. The molecule has 1 aliphatic heterocycles. The Bertz CT molecular complexity index is 529. The fourth-order valence-corrected chi connectivity index (χ4v) is 3.53. The van der Waals surface area contributed by atoms with E-state index in [1.807, 2.05) is 7.05 Å². The average molecular weight is 269 g/mol. The maximum absolute atomic E-state index is 9.69. The summed E-state index contributed by atoms with van der Waals surface area (Å²) in [5.41, 5.74) is 2.36. The lowest BCUT2D eigenvalue weighted by Gasteiger charge is -2.40. The van der Waals surface area contributed by atoms with Gasteiger partial charge in [0.15, 0.2) is 0 Å². The first-order valence-corrected chi connectivity index (χ1v) is 7.61. The molecule has 0 amide bonds. The Kier molecular flexibility index (Phi) is 3.43. The van der Waals surface area contributed by atoms with Crippen LogP contribution in [0.4, 0.5) is 5.69 Å². The third-order valence-electron chi connectivity index (χ3n) is 4.79. The predicted molar refractivity (Wildman–Crippen MR) is 81.7 cm³/mol. The molecule has 3 nitrogen and oxygen atoms in total. The van der Waals surface area contributed by atoms with Crippen LogP contribution in [-0.2, 0) is 6.42 Å². The molecule has 20 heavy (non-hydrogen) atoms. The van der Waals surface area contributed by atoms with Crippen LogP contribution in [0.15, 0.2) is 24.3 Å². The van der Waals surface area contributed by atoms with Gasteiger partial charge < -0.3 is 10.2 Å². The third-order valence-corrected chi connectivity index (χ3v) is 4.79. The molecule has 1 aromatic rings. The van der Waals surface area contributed by atoms with E-state index in [0.717, 1.165) is 19.5 Å². The zero-order valence-corrected chi connectivity index (χ0v) is 12.4. The number of fused-ring (bicyclic) bond motifs is 1. The Hall–Kier alpha value is -1.53. The predicted octanol–water partition coefficient (Wildman–Crippen LogP) is 2.58. The number of likely N-dealkylation sites (N-methyl/N-ethyl adjacent to an activating group) is 1. The van der Waals surface area contributed by atoms with Crippen LogP contribution < -0.4 is 10.2 Å². The largest absolute Gasteiger partial charge is 0.368 e. The van der Waals surface area contributed by atoms with Crippen LogP contribution >= 0.6 is 0 Å². The summed E-state index contributed by atoms with van der Waals surface area (Å²) in [6.07, 6.45) is 3.51. The van der Waals surface area contributed by atoms with Crippen molar-refractivity contribution in [2.75, 3.05) is 25.0 Å². The summed E-state index contributed by atoms with van der Waals surface area (Å²) in [6.45, 7) is 4.15. The van der Waals surface area contributed by atoms with Gasteiger partial charge in [-0.05, 0) is 49.8 Å². The minimum Gasteiger partial charge on any atom is -0.368 e. The van der Waals surface area contributed by atoms with Gasteiger partial charge in [-0.1, -0.05) is 25.1 Å². The molecule has 0 radical (unpaired) electrons. The fourth-order valence-electron chi connectivity index (χ4n) is 3.53. The number of para-hydroxylation sites is 1. The zero-order chi connectivity index (χ0) is 14.2. The number of nitrogens with zero attached hydrogens (tertiary/aromatic N) is 2. The van der Waals surface area contributed by atoms with Crippen LogP contribution in [0.1, 0.15) is 25.3 Å². The van der Waals surface area contributed by atoms with Crippen LogP contribution in [-0.4, -0.2) is 25.7 Å². The molecule has 0 spiro atoms. The number of nitriles is 1. The van der Waals surface area contributed by atoms with Crippen molar-refractivity contribution in [1.82, 2.24) is 5.32 Å². The van der Waals surface area contributed by atoms with Gasteiger partial charge in [-0.25, -0.2) is 0 Å².